The summed E-state index contributed by atoms with van der Waals surface area (Å²) in [7, 11) is 1.33. The Morgan fingerprint density at radius 1 is 1.37 bits per heavy atom. The van der Waals surface area contributed by atoms with Gasteiger partial charge in [-0.1, -0.05) is 17.7 Å². The van der Waals surface area contributed by atoms with Crippen LogP contribution in [0.2, 0.25) is 5.02 Å². The molecule has 0 aliphatic carbocycles. The fraction of sp³-hybridized carbons (Fsp3) is 0.154. The molecule has 0 bridgehead atoms. The minimum atomic E-state index is -0.488. The average molecular weight is 297 g/mol. The van der Waals surface area contributed by atoms with Crippen LogP contribution in [0.4, 0.5) is 16.2 Å². The molecular formula is C13H13ClN2O2S. The normalized spacial score (nSPS) is 10.0. The van der Waals surface area contributed by atoms with Crippen LogP contribution in [0.15, 0.2) is 35.7 Å². The van der Waals surface area contributed by atoms with E-state index in [0.29, 0.717) is 12.2 Å². The number of ether oxygens (including phenoxy) is 1. The molecule has 0 aliphatic heterocycles. The fourth-order valence-electron chi connectivity index (χ4n) is 1.51. The number of rotatable bonds is 4. The van der Waals surface area contributed by atoms with Gasteiger partial charge in [-0.05, 0) is 29.6 Å². The Morgan fingerprint density at radius 2 is 2.16 bits per heavy atom. The van der Waals surface area contributed by atoms with Crippen molar-refractivity contribution in [2.75, 3.05) is 17.7 Å². The molecule has 0 atom stereocenters. The van der Waals surface area contributed by atoms with Crippen LogP contribution in [-0.4, -0.2) is 13.2 Å². The Hall–Kier alpha value is -1.72. The summed E-state index contributed by atoms with van der Waals surface area (Å²) in [6.45, 7) is 0.651. The molecule has 0 unspecified atom stereocenters. The SMILES string of the molecule is COC(=O)Nc1cccc(NCc2sccc2Cl)c1. The largest absolute Gasteiger partial charge is 0.453 e. The van der Waals surface area contributed by atoms with Crippen molar-refractivity contribution < 1.29 is 9.53 Å². The Balaban J connectivity index is 1.99. The van der Waals surface area contributed by atoms with Crippen molar-refractivity contribution in [1.29, 1.82) is 0 Å². The number of benzene rings is 1. The predicted octanol–water partition coefficient (Wildman–Crippen LogP) is 4.19. The zero-order chi connectivity index (χ0) is 13.7. The molecule has 1 amide bonds. The van der Waals surface area contributed by atoms with Gasteiger partial charge in [0.1, 0.15) is 0 Å². The molecule has 6 heteroatoms. The maximum atomic E-state index is 11.1. The van der Waals surface area contributed by atoms with Gasteiger partial charge in [0.05, 0.1) is 18.7 Å². The lowest BCUT2D eigenvalue weighted by atomic mass is 10.2. The number of carbonyl (C=O) groups excluding carboxylic acids is 1. The van der Waals surface area contributed by atoms with E-state index in [1.807, 2.05) is 29.6 Å². The number of hydrogen-bond acceptors (Lipinski definition) is 4. The number of hydrogen-bond donors (Lipinski definition) is 2. The number of anilines is 2. The molecule has 0 radical (unpaired) electrons. The molecule has 2 aromatic rings. The Labute approximate surface area is 120 Å². The van der Waals surface area contributed by atoms with E-state index >= 15 is 0 Å². The van der Waals surface area contributed by atoms with E-state index < -0.39 is 6.09 Å². The van der Waals surface area contributed by atoms with Crippen LogP contribution in [0.25, 0.3) is 0 Å². The monoisotopic (exact) mass is 296 g/mol. The molecule has 19 heavy (non-hydrogen) atoms. The molecule has 0 saturated carbocycles. The molecule has 1 aromatic heterocycles. The highest BCUT2D eigenvalue weighted by Crippen LogP contribution is 2.23. The summed E-state index contributed by atoms with van der Waals surface area (Å²) in [5.41, 5.74) is 1.58. The Kier molecular flexibility index (Phi) is 4.65. The van der Waals surface area contributed by atoms with E-state index in [9.17, 15) is 4.79 Å². The summed E-state index contributed by atoms with van der Waals surface area (Å²) in [6.07, 6.45) is -0.488. The number of methoxy groups -OCH3 is 1. The van der Waals surface area contributed by atoms with Crippen molar-refractivity contribution in [3.05, 3.63) is 45.6 Å². The number of halogens is 1. The zero-order valence-electron chi connectivity index (χ0n) is 10.3. The highest BCUT2D eigenvalue weighted by atomic mass is 35.5. The third-order valence-electron chi connectivity index (χ3n) is 2.44. The van der Waals surface area contributed by atoms with E-state index in [-0.39, 0.29) is 0 Å². The van der Waals surface area contributed by atoms with Crippen molar-refractivity contribution in [2.45, 2.75) is 6.54 Å². The van der Waals surface area contributed by atoms with Crippen LogP contribution in [0.5, 0.6) is 0 Å². The Bertz CT molecular complexity index is 571. The van der Waals surface area contributed by atoms with Crippen molar-refractivity contribution in [3.8, 4) is 0 Å². The summed E-state index contributed by atoms with van der Waals surface area (Å²) < 4.78 is 4.54. The summed E-state index contributed by atoms with van der Waals surface area (Å²) in [6, 6.07) is 9.27. The van der Waals surface area contributed by atoms with Crippen LogP contribution in [0, 0.1) is 0 Å². The van der Waals surface area contributed by atoms with Gasteiger partial charge in [-0.25, -0.2) is 4.79 Å². The summed E-state index contributed by atoms with van der Waals surface area (Å²) in [5, 5.41) is 8.58. The van der Waals surface area contributed by atoms with Crippen molar-refractivity contribution >= 4 is 40.4 Å². The predicted molar refractivity (Wildman–Crippen MR) is 79.1 cm³/mol. The highest BCUT2D eigenvalue weighted by molar-refractivity contribution is 7.10. The van der Waals surface area contributed by atoms with Gasteiger partial charge in [0.15, 0.2) is 0 Å². The number of carbonyl (C=O) groups is 1. The van der Waals surface area contributed by atoms with Crippen molar-refractivity contribution in [1.82, 2.24) is 0 Å². The molecule has 0 spiro atoms. The third-order valence-corrected chi connectivity index (χ3v) is 3.83. The van der Waals surface area contributed by atoms with Gasteiger partial charge < -0.3 is 10.1 Å². The lowest BCUT2D eigenvalue weighted by Gasteiger charge is -2.08. The second-order valence-corrected chi connectivity index (χ2v) is 5.15. The van der Waals surface area contributed by atoms with Crippen LogP contribution in [0.1, 0.15) is 4.88 Å². The molecule has 0 aliphatic rings. The molecule has 0 saturated heterocycles. The maximum Gasteiger partial charge on any atom is 0.411 e. The van der Waals surface area contributed by atoms with Crippen molar-refractivity contribution in [2.24, 2.45) is 0 Å². The number of nitrogens with one attached hydrogen (secondary N) is 2. The van der Waals surface area contributed by atoms with Gasteiger partial charge in [0, 0.05) is 16.3 Å². The van der Waals surface area contributed by atoms with E-state index in [4.69, 9.17) is 11.6 Å². The first kappa shape index (κ1) is 13.7. The van der Waals surface area contributed by atoms with Crippen LogP contribution < -0.4 is 10.6 Å². The van der Waals surface area contributed by atoms with E-state index in [0.717, 1.165) is 15.6 Å². The number of thiophene rings is 1. The molecule has 1 heterocycles. The molecule has 2 rings (SSSR count). The minimum absolute atomic E-state index is 0.488. The van der Waals surface area contributed by atoms with Gasteiger partial charge in [0.25, 0.3) is 0 Å². The standard InChI is InChI=1S/C13H13ClN2O2S/c1-18-13(17)16-10-4-2-3-9(7-10)15-8-12-11(14)5-6-19-12/h2-7,15H,8H2,1H3,(H,16,17). The van der Waals surface area contributed by atoms with Crippen LogP contribution >= 0.6 is 22.9 Å². The first-order valence-electron chi connectivity index (χ1n) is 5.60. The first-order chi connectivity index (χ1) is 9.19. The second kappa shape index (κ2) is 6.45. The number of amides is 1. The Morgan fingerprint density at radius 3 is 2.84 bits per heavy atom. The van der Waals surface area contributed by atoms with Gasteiger partial charge in [-0.3, -0.25) is 5.32 Å². The molecular weight excluding hydrogens is 284 g/mol. The lowest BCUT2D eigenvalue weighted by Crippen LogP contribution is -2.11. The summed E-state index contributed by atoms with van der Waals surface area (Å²) in [5.74, 6) is 0. The quantitative estimate of drug-likeness (QED) is 0.889. The average Bonchev–Trinajstić information content (AvgIpc) is 2.82. The van der Waals surface area contributed by atoms with Gasteiger partial charge in [0.2, 0.25) is 0 Å². The highest BCUT2D eigenvalue weighted by Gasteiger charge is 2.03. The third kappa shape index (κ3) is 3.87. The second-order valence-electron chi connectivity index (χ2n) is 3.74. The van der Waals surface area contributed by atoms with Gasteiger partial charge in [-0.15, -0.1) is 11.3 Å². The lowest BCUT2D eigenvalue weighted by molar-refractivity contribution is 0.187. The van der Waals surface area contributed by atoms with Gasteiger partial charge in [-0.2, -0.15) is 0 Å². The molecule has 1 aromatic carbocycles. The smallest absolute Gasteiger partial charge is 0.411 e. The fourth-order valence-corrected chi connectivity index (χ4v) is 2.55. The zero-order valence-corrected chi connectivity index (χ0v) is 11.8. The van der Waals surface area contributed by atoms with E-state index in [1.54, 1.807) is 17.4 Å². The van der Waals surface area contributed by atoms with E-state index in [2.05, 4.69) is 15.4 Å². The van der Waals surface area contributed by atoms with Crippen LogP contribution in [-0.2, 0) is 11.3 Å². The first-order valence-corrected chi connectivity index (χ1v) is 6.85. The van der Waals surface area contributed by atoms with E-state index in [1.165, 1.54) is 7.11 Å². The minimum Gasteiger partial charge on any atom is -0.453 e. The van der Waals surface area contributed by atoms with Crippen molar-refractivity contribution in [3.63, 3.8) is 0 Å². The topological polar surface area (TPSA) is 50.4 Å². The summed E-state index contributed by atoms with van der Waals surface area (Å²) >= 11 is 7.62. The molecule has 100 valence electrons. The van der Waals surface area contributed by atoms with Crippen LogP contribution in [0.3, 0.4) is 0 Å². The molecule has 4 nitrogen and oxygen atoms in total. The maximum absolute atomic E-state index is 11.1. The summed E-state index contributed by atoms with van der Waals surface area (Å²) in [4.78, 5) is 12.2. The molecule has 0 fully saturated rings. The molecule has 2 N–H and O–H groups in total. The van der Waals surface area contributed by atoms with Gasteiger partial charge >= 0.3 is 6.09 Å².